The summed E-state index contributed by atoms with van der Waals surface area (Å²) in [5.74, 6) is 0. The molecule has 0 aliphatic heterocycles. The number of hydrogen-bond donors (Lipinski definition) is 1. The Labute approximate surface area is 43.4 Å². The highest BCUT2D eigenvalue weighted by Gasteiger charge is 1.78. The summed E-state index contributed by atoms with van der Waals surface area (Å²) in [6.45, 7) is 1.64. The van der Waals surface area contributed by atoms with Gasteiger partial charge in [0.05, 0.1) is 12.1 Å². The molecule has 0 saturated carbocycles. The molecule has 0 amide bonds. The fourth-order valence-corrected chi connectivity index (χ4v) is 0. The van der Waals surface area contributed by atoms with Crippen molar-refractivity contribution in [2.45, 2.75) is 13.0 Å². The zero-order valence-corrected chi connectivity index (χ0v) is 4.33. The Morgan fingerprint density at radius 3 is 2.00 bits per heavy atom. The second kappa shape index (κ2) is 4.74. The molecule has 2 N–H and O–H groups in total. The van der Waals surface area contributed by atoms with Gasteiger partial charge in [-0.25, -0.2) is 0 Å². The van der Waals surface area contributed by atoms with Crippen LogP contribution in [0.25, 0.3) is 0 Å². The number of rotatable bonds is 0. The van der Waals surface area contributed by atoms with Gasteiger partial charge in [-0.1, -0.05) is 0 Å². The first-order chi connectivity index (χ1) is 2.27. The Kier molecular flexibility index (Phi) is 7.28. The Morgan fingerprint density at radius 1 is 1.83 bits per heavy atom. The summed E-state index contributed by atoms with van der Waals surface area (Å²) >= 11 is 0. The van der Waals surface area contributed by atoms with Gasteiger partial charge in [0.15, 0.2) is 0 Å². The largest absolute Gasteiger partial charge is 0.316 e. The molecule has 0 aliphatic carbocycles. The third-order valence-corrected chi connectivity index (χ3v) is 0.204. The van der Waals surface area contributed by atoms with Crippen molar-refractivity contribution in [3.63, 3.8) is 0 Å². The summed E-state index contributed by atoms with van der Waals surface area (Å²) < 4.78 is 0. The molecule has 0 spiro atoms. The molecule has 2 nitrogen and oxygen atoms in total. The molecule has 0 saturated heterocycles. The van der Waals surface area contributed by atoms with Crippen molar-refractivity contribution in [1.29, 1.82) is 5.26 Å². The lowest BCUT2D eigenvalue weighted by Crippen LogP contribution is -2.09. The summed E-state index contributed by atoms with van der Waals surface area (Å²) in [7, 11) is 0. The van der Waals surface area contributed by atoms with Crippen LogP contribution in [0.4, 0.5) is 0 Å². The van der Waals surface area contributed by atoms with Crippen LogP contribution in [-0.4, -0.2) is 6.04 Å². The highest BCUT2D eigenvalue weighted by Crippen LogP contribution is 1.59. The third-order valence-electron chi connectivity index (χ3n) is 0.204. The molecular formula is C3H7ClN2. The van der Waals surface area contributed by atoms with Gasteiger partial charge in [-0.05, 0) is 6.92 Å². The van der Waals surface area contributed by atoms with Gasteiger partial charge >= 0.3 is 0 Å². The first-order valence-corrected chi connectivity index (χ1v) is 1.42. The van der Waals surface area contributed by atoms with Gasteiger partial charge in [-0.2, -0.15) is 5.26 Å². The zero-order valence-electron chi connectivity index (χ0n) is 3.51. The predicted octanol–water partition coefficient (Wildman–Crippen LogP) is 0.279. The number of nitrogens with zero attached hydrogens (tertiary/aromatic N) is 1. The Morgan fingerprint density at radius 2 is 2.00 bits per heavy atom. The zero-order chi connectivity index (χ0) is 4.28. The van der Waals surface area contributed by atoms with Gasteiger partial charge in [0.2, 0.25) is 0 Å². The van der Waals surface area contributed by atoms with Gasteiger partial charge in [-0.15, -0.1) is 12.4 Å². The highest BCUT2D eigenvalue weighted by molar-refractivity contribution is 5.85. The molecule has 0 aromatic rings. The average Bonchev–Trinajstić information content (AvgIpc) is 1.38. The summed E-state index contributed by atoms with van der Waals surface area (Å²) in [6.07, 6.45) is 0. The second-order valence-corrected chi connectivity index (χ2v) is 0.918. The lowest BCUT2D eigenvalue weighted by molar-refractivity contribution is 0.940. The molecular weight excluding hydrogens is 99.5 g/mol. The molecule has 1 atom stereocenters. The van der Waals surface area contributed by atoms with E-state index < -0.39 is 0 Å². The number of halogens is 1. The van der Waals surface area contributed by atoms with Gasteiger partial charge < -0.3 is 5.73 Å². The fourth-order valence-electron chi connectivity index (χ4n) is 0. The van der Waals surface area contributed by atoms with Crippen molar-refractivity contribution in [3.8, 4) is 6.07 Å². The van der Waals surface area contributed by atoms with Crippen LogP contribution in [0.2, 0.25) is 0 Å². The van der Waals surface area contributed by atoms with Crippen LogP contribution in [0.15, 0.2) is 0 Å². The monoisotopic (exact) mass is 106 g/mol. The van der Waals surface area contributed by atoms with Gasteiger partial charge in [0.1, 0.15) is 0 Å². The minimum absolute atomic E-state index is 0. The van der Waals surface area contributed by atoms with Crippen molar-refractivity contribution >= 4 is 12.4 Å². The first kappa shape index (κ1) is 9.22. The average molecular weight is 107 g/mol. The van der Waals surface area contributed by atoms with Crippen LogP contribution in [0.1, 0.15) is 6.92 Å². The lowest BCUT2D eigenvalue weighted by atomic mass is 10.4. The molecule has 0 unspecified atom stereocenters. The Hall–Kier alpha value is -0.260. The molecule has 0 bridgehead atoms. The fraction of sp³-hybridized carbons (Fsp3) is 0.667. The predicted molar refractivity (Wildman–Crippen MR) is 26.5 cm³/mol. The van der Waals surface area contributed by atoms with Crippen molar-refractivity contribution in [3.05, 3.63) is 0 Å². The van der Waals surface area contributed by atoms with Crippen molar-refractivity contribution < 1.29 is 0 Å². The molecule has 0 heterocycles. The molecule has 6 heavy (non-hydrogen) atoms. The summed E-state index contributed by atoms with van der Waals surface area (Å²) in [4.78, 5) is 0. The molecule has 0 fully saturated rings. The lowest BCUT2D eigenvalue weighted by Gasteiger charge is -1.78. The molecule has 3 heteroatoms. The quantitative estimate of drug-likeness (QED) is 0.482. The topological polar surface area (TPSA) is 49.8 Å². The van der Waals surface area contributed by atoms with E-state index in [1.165, 1.54) is 0 Å². The van der Waals surface area contributed by atoms with Crippen LogP contribution < -0.4 is 5.73 Å². The van der Waals surface area contributed by atoms with E-state index in [2.05, 4.69) is 0 Å². The normalized spacial score (nSPS) is 10.8. The standard InChI is InChI=1S/C3H6N2.ClH/c1-3(5)2-4;/h3H,5H2,1H3;1H/t3-;/m0./s1. The highest BCUT2D eigenvalue weighted by atomic mass is 35.5. The van der Waals surface area contributed by atoms with Gasteiger partial charge in [-0.3, -0.25) is 0 Å². The van der Waals surface area contributed by atoms with E-state index in [-0.39, 0.29) is 18.4 Å². The van der Waals surface area contributed by atoms with E-state index in [1.807, 2.05) is 0 Å². The molecule has 0 radical (unpaired) electrons. The first-order valence-electron chi connectivity index (χ1n) is 1.42. The smallest absolute Gasteiger partial charge is 0.0899 e. The number of nitrogens with two attached hydrogens (primary N) is 1. The molecule has 0 aromatic carbocycles. The van der Waals surface area contributed by atoms with E-state index in [0.29, 0.717) is 0 Å². The van der Waals surface area contributed by atoms with E-state index in [4.69, 9.17) is 11.0 Å². The maximum Gasteiger partial charge on any atom is 0.0899 e. The van der Waals surface area contributed by atoms with Crippen LogP contribution >= 0.6 is 12.4 Å². The summed E-state index contributed by atoms with van der Waals surface area (Å²) in [5, 5.41) is 7.77. The molecule has 0 aromatic heterocycles. The van der Waals surface area contributed by atoms with E-state index in [9.17, 15) is 0 Å². The summed E-state index contributed by atoms with van der Waals surface area (Å²) in [6, 6.07) is 1.50. The van der Waals surface area contributed by atoms with Crippen LogP contribution in [0, 0.1) is 11.3 Å². The molecule has 36 valence electrons. The van der Waals surface area contributed by atoms with E-state index in [0.717, 1.165) is 0 Å². The molecule has 0 rings (SSSR count). The van der Waals surface area contributed by atoms with Gasteiger partial charge in [0.25, 0.3) is 0 Å². The maximum atomic E-state index is 7.77. The summed E-state index contributed by atoms with van der Waals surface area (Å²) in [5.41, 5.74) is 4.93. The van der Waals surface area contributed by atoms with E-state index >= 15 is 0 Å². The SMILES string of the molecule is C[C@H](N)C#N.Cl. The maximum absolute atomic E-state index is 7.77. The third kappa shape index (κ3) is 9.27. The number of nitriles is 1. The minimum atomic E-state index is -0.310. The van der Waals surface area contributed by atoms with Crippen molar-refractivity contribution in [2.24, 2.45) is 5.73 Å². The van der Waals surface area contributed by atoms with Crippen LogP contribution in [0.3, 0.4) is 0 Å². The van der Waals surface area contributed by atoms with Crippen LogP contribution in [-0.2, 0) is 0 Å². The number of hydrogen-bond acceptors (Lipinski definition) is 2. The second-order valence-electron chi connectivity index (χ2n) is 0.918. The van der Waals surface area contributed by atoms with Crippen molar-refractivity contribution in [2.75, 3.05) is 0 Å². The Bertz CT molecular complexity index is 54.3. The van der Waals surface area contributed by atoms with Gasteiger partial charge in [0, 0.05) is 0 Å². The van der Waals surface area contributed by atoms with Crippen molar-refractivity contribution in [1.82, 2.24) is 0 Å². The van der Waals surface area contributed by atoms with Crippen LogP contribution in [0.5, 0.6) is 0 Å². The van der Waals surface area contributed by atoms with E-state index in [1.54, 1.807) is 13.0 Å². The molecule has 0 aliphatic rings. The Balaban J connectivity index is 0. The minimum Gasteiger partial charge on any atom is -0.316 e.